The highest BCUT2D eigenvalue weighted by Crippen LogP contribution is 2.23. The Morgan fingerprint density at radius 1 is 1.07 bits per heavy atom. The van der Waals surface area contributed by atoms with Gasteiger partial charge >= 0.3 is 0 Å². The highest BCUT2D eigenvalue weighted by molar-refractivity contribution is 5.92. The van der Waals surface area contributed by atoms with E-state index in [2.05, 4.69) is 20.6 Å². The number of hydrogen-bond donors (Lipinski definition) is 3. The van der Waals surface area contributed by atoms with E-state index in [0.29, 0.717) is 6.42 Å². The molecular formula is C20H19F2N5O2. The van der Waals surface area contributed by atoms with Crippen LogP contribution in [0.25, 0.3) is 10.9 Å². The largest absolute Gasteiger partial charge is 0.370 e. The second kappa shape index (κ2) is 9.05. The minimum atomic E-state index is -1.04. The maximum Gasteiger partial charge on any atom is 0.242 e. The number of nitrogens with two attached hydrogens (primary N) is 1. The first-order chi connectivity index (χ1) is 13.9. The summed E-state index contributed by atoms with van der Waals surface area (Å²) in [5.41, 5.74) is 6.18. The highest BCUT2D eigenvalue weighted by atomic mass is 19.2. The first-order valence-electron chi connectivity index (χ1n) is 8.90. The molecule has 0 saturated heterocycles. The molecule has 0 aliphatic heterocycles. The van der Waals surface area contributed by atoms with Crippen LogP contribution >= 0.6 is 0 Å². The zero-order chi connectivity index (χ0) is 20.8. The third-order valence-corrected chi connectivity index (χ3v) is 4.26. The summed E-state index contributed by atoms with van der Waals surface area (Å²) in [5, 5.41) is 5.87. The topological polar surface area (TPSA) is 110 Å². The number of carbonyl (C=O) groups excluding carboxylic acids is 2. The lowest BCUT2D eigenvalue weighted by molar-refractivity contribution is -0.122. The van der Waals surface area contributed by atoms with Crippen LogP contribution in [0.3, 0.4) is 0 Å². The third kappa shape index (κ3) is 5.22. The first-order valence-corrected chi connectivity index (χ1v) is 8.90. The molecule has 0 aliphatic rings. The number of aromatic nitrogens is 2. The number of primary amides is 1. The molecule has 0 aliphatic carbocycles. The Balaban J connectivity index is 1.88. The summed E-state index contributed by atoms with van der Waals surface area (Å²) >= 11 is 0. The lowest BCUT2D eigenvalue weighted by Crippen LogP contribution is -2.42. The predicted octanol–water partition coefficient (Wildman–Crippen LogP) is 1.92. The quantitative estimate of drug-likeness (QED) is 0.536. The van der Waals surface area contributed by atoms with Gasteiger partial charge in [-0.15, -0.1) is 0 Å². The van der Waals surface area contributed by atoms with E-state index in [9.17, 15) is 18.4 Å². The molecule has 150 valence electrons. The van der Waals surface area contributed by atoms with Crippen LogP contribution in [-0.4, -0.2) is 34.4 Å². The molecular weight excluding hydrogens is 380 g/mol. The van der Waals surface area contributed by atoms with Crippen LogP contribution in [-0.2, 0) is 16.0 Å². The van der Waals surface area contributed by atoms with Gasteiger partial charge in [-0.3, -0.25) is 9.59 Å². The van der Waals surface area contributed by atoms with Crippen molar-refractivity contribution in [1.82, 2.24) is 15.3 Å². The monoisotopic (exact) mass is 399 g/mol. The Labute approximate surface area is 165 Å². The molecule has 9 heteroatoms. The van der Waals surface area contributed by atoms with Gasteiger partial charge in [-0.1, -0.05) is 30.3 Å². The standard InChI is InChI=1S/C20H19F2N5O2/c21-14-9-13-16(10-15(14)22)25-11-26-19(13)27-17(8-12-4-2-1-3-5-12)20(29)24-7-6-18(23)28/h1-5,9-11,17H,6-8H2,(H2,23,28)(H,24,29)(H,25,26,27). The molecule has 2 amide bonds. The van der Waals surface area contributed by atoms with Gasteiger partial charge in [-0.05, 0) is 11.6 Å². The van der Waals surface area contributed by atoms with Gasteiger partial charge in [0.15, 0.2) is 11.6 Å². The SMILES string of the molecule is NC(=O)CCNC(=O)C(Cc1ccccc1)Nc1ncnc2cc(F)c(F)cc12. The van der Waals surface area contributed by atoms with Gasteiger partial charge in [-0.25, -0.2) is 18.7 Å². The number of carbonyl (C=O) groups is 2. The summed E-state index contributed by atoms with van der Waals surface area (Å²) in [6.07, 6.45) is 1.51. The van der Waals surface area contributed by atoms with Crippen molar-refractivity contribution >= 4 is 28.5 Å². The van der Waals surface area contributed by atoms with E-state index in [1.807, 2.05) is 30.3 Å². The van der Waals surface area contributed by atoms with Crippen LogP contribution in [0, 0.1) is 11.6 Å². The van der Waals surface area contributed by atoms with E-state index in [1.54, 1.807) is 0 Å². The normalized spacial score (nSPS) is 11.8. The summed E-state index contributed by atoms with van der Waals surface area (Å²) in [6, 6.07) is 10.4. The van der Waals surface area contributed by atoms with E-state index >= 15 is 0 Å². The van der Waals surface area contributed by atoms with E-state index in [4.69, 9.17) is 5.73 Å². The van der Waals surface area contributed by atoms with Crippen molar-refractivity contribution in [1.29, 1.82) is 0 Å². The van der Waals surface area contributed by atoms with Gasteiger partial charge in [0.25, 0.3) is 0 Å². The fourth-order valence-electron chi connectivity index (χ4n) is 2.82. The molecule has 0 saturated carbocycles. The molecule has 0 spiro atoms. The van der Waals surface area contributed by atoms with Gasteiger partial charge in [-0.2, -0.15) is 0 Å². The number of benzene rings is 2. The van der Waals surface area contributed by atoms with E-state index in [0.717, 1.165) is 17.7 Å². The molecule has 0 radical (unpaired) electrons. The Morgan fingerprint density at radius 2 is 1.79 bits per heavy atom. The molecule has 3 aromatic rings. The minimum absolute atomic E-state index is 0.00469. The fraction of sp³-hybridized carbons (Fsp3) is 0.200. The lowest BCUT2D eigenvalue weighted by atomic mass is 10.0. The summed E-state index contributed by atoms with van der Waals surface area (Å²) in [7, 11) is 0. The van der Waals surface area contributed by atoms with Crippen LogP contribution in [0.5, 0.6) is 0 Å². The minimum Gasteiger partial charge on any atom is -0.370 e. The van der Waals surface area contributed by atoms with Gasteiger partial charge in [0.1, 0.15) is 18.2 Å². The zero-order valence-corrected chi connectivity index (χ0v) is 15.4. The zero-order valence-electron chi connectivity index (χ0n) is 15.4. The molecule has 1 unspecified atom stereocenters. The van der Waals surface area contributed by atoms with Crippen molar-refractivity contribution < 1.29 is 18.4 Å². The molecule has 3 rings (SSSR count). The molecule has 1 heterocycles. The third-order valence-electron chi connectivity index (χ3n) is 4.26. The molecule has 2 aromatic carbocycles. The van der Waals surface area contributed by atoms with Crippen molar-refractivity contribution in [2.24, 2.45) is 5.73 Å². The maximum atomic E-state index is 13.7. The van der Waals surface area contributed by atoms with Gasteiger partial charge in [0, 0.05) is 30.8 Å². The number of nitrogens with zero attached hydrogens (tertiary/aromatic N) is 2. The average Bonchev–Trinajstić information content (AvgIpc) is 2.69. The first kappa shape index (κ1) is 20.1. The van der Waals surface area contributed by atoms with Gasteiger partial charge in [0.2, 0.25) is 11.8 Å². The second-order valence-corrected chi connectivity index (χ2v) is 6.40. The molecule has 1 aromatic heterocycles. The second-order valence-electron chi connectivity index (χ2n) is 6.40. The number of hydrogen-bond acceptors (Lipinski definition) is 5. The van der Waals surface area contributed by atoms with Crippen LogP contribution in [0.2, 0.25) is 0 Å². The van der Waals surface area contributed by atoms with Crippen LogP contribution in [0.4, 0.5) is 14.6 Å². The maximum absolute atomic E-state index is 13.7. The number of halogens is 2. The molecule has 0 fully saturated rings. The lowest BCUT2D eigenvalue weighted by Gasteiger charge is -2.20. The molecule has 29 heavy (non-hydrogen) atoms. The highest BCUT2D eigenvalue weighted by Gasteiger charge is 2.21. The number of rotatable bonds is 8. The van der Waals surface area contributed by atoms with Crippen LogP contribution in [0.15, 0.2) is 48.8 Å². The van der Waals surface area contributed by atoms with E-state index in [-0.39, 0.29) is 35.6 Å². The van der Waals surface area contributed by atoms with Crippen LogP contribution in [0.1, 0.15) is 12.0 Å². The van der Waals surface area contributed by atoms with Crippen molar-refractivity contribution in [2.45, 2.75) is 18.9 Å². The number of nitrogens with one attached hydrogen (secondary N) is 2. The number of fused-ring (bicyclic) bond motifs is 1. The van der Waals surface area contributed by atoms with E-state index in [1.165, 1.54) is 6.33 Å². The Bertz CT molecular complexity index is 1030. The molecule has 0 bridgehead atoms. The van der Waals surface area contributed by atoms with Crippen molar-refractivity contribution in [2.75, 3.05) is 11.9 Å². The Hall–Kier alpha value is -3.62. The van der Waals surface area contributed by atoms with Crippen LogP contribution < -0.4 is 16.4 Å². The van der Waals surface area contributed by atoms with E-state index < -0.39 is 23.6 Å². The molecule has 4 N–H and O–H groups in total. The summed E-state index contributed by atoms with van der Waals surface area (Å²) in [6.45, 7) is 0.0888. The Morgan fingerprint density at radius 3 is 2.52 bits per heavy atom. The number of amides is 2. The summed E-state index contributed by atoms with van der Waals surface area (Å²) in [5.74, 6) is -2.78. The van der Waals surface area contributed by atoms with Crippen molar-refractivity contribution in [3.05, 3.63) is 66.0 Å². The summed E-state index contributed by atoms with van der Waals surface area (Å²) in [4.78, 5) is 31.6. The molecule has 7 nitrogen and oxygen atoms in total. The van der Waals surface area contributed by atoms with Crippen molar-refractivity contribution in [3.63, 3.8) is 0 Å². The predicted molar refractivity (Wildman–Crippen MR) is 104 cm³/mol. The summed E-state index contributed by atoms with van der Waals surface area (Å²) < 4.78 is 27.2. The van der Waals surface area contributed by atoms with Gasteiger partial charge < -0.3 is 16.4 Å². The smallest absolute Gasteiger partial charge is 0.242 e. The Kier molecular flexibility index (Phi) is 6.28. The average molecular weight is 399 g/mol. The van der Waals surface area contributed by atoms with Crippen molar-refractivity contribution in [3.8, 4) is 0 Å². The molecule has 1 atom stereocenters. The fourth-order valence-corrected chi connectivity index (χ4v) is 2.82. The van der Waals surface area contributed by atoms with Gasteiger partial charge in [0.05, 0.1) is 5.52 Å². The number of anilines is 1.